The molecule has 0 aliphatic carbocycles. The number of fused-ring (bicyclic) bond motifs is 1. The Hall–Kier alpha value is -3.05. The van der Waals surface area contributed by atoms with Crippen LogP contribution in [0.3, 0.4) is 0 Å². The lowest BCUT2D eigenvalue weighted by molar-refractivity contribution is 0.638. The Labute approximate surface area is 149 Å². The van der Waals surface area contributed by atoms with Crippen molar-refractivity contribution in [2.24, 2.45) is 0 Å². The van der Waals surface area contributed by atoms with Gasteiger partial charge in [0.1, 0.15) is 11.4 Å². The minimum absolute atomic E-state index is 0.301. The first kappa shape index (κ1) is 15.5. The molecule has 0 aliphatic heterocycles. The van der Waals surface area contributed by atoms with E-state index >= 15 is 0 Å². The summed E-state index contributed by atoms with van der Waals surface area (Å²) < 4.78 is 5.83. The van der Waals surface area contributed by atoms with Crippen molar-refractivity contribution in [2.45, 2.75) is 6.92 Å². The van der Waals surface area contributed by atoms with Crippen molar-refractivity contribution >= 4 is 39.8 Å². The number of nitrogens with two attached hydrogens (primary N) is 1. The van der Waals surface area contributed by atoms with Crippen LogP contribution in [0.5, 0.6) is 0 Å². The molecule has 0 unspecified atom stereocenters. The van der Waals surface area contributed by atoms with Gasteiger partial charge in [-0.05, 0) is 43.3 Å². The quantitative estimate of drug-likeness (QED) is 0.532. The fourth-order valence-electron chi connectivity index (χ4n) is 2.78. The molecule has 0 saturated heterocycles. The van der Waals surface area contributed by atoms with Crippen molar-refractivity contribution in [2.75, 3.05) is 11.1 Å². The van der Waals surface area contributed by atoms with Crippen LogP contribution in [-0.2, 0) is 0 Å². The van der Waals surface area contributed by atoms with Gasteiger partial charge in [-0.3, -0.25) is 9.97 Å². The normalized spacial score (nSPS) is 11.0. The first-order valence-electron chi connectivity index (χ1n) is 7.74. The standard InChI is InChI=1S/C19H15ClN4O/c1-11-9-12(5-7-22-11)16-18-15(6-8-23-16)17(19(21)25-18)24-14-4-2-3-13(20)10-14/h2-10,24H,21H2,1H3. The molecule has 4 rings (SSSR count). The second-order valence-corrected chi connectivity index (χ2v) is 6.14. The maximum absolute atomic E-state index is 6.11. The molecule has 3 aromatic heterocycles. The highest BCUT2D eigenvalue weighted by molar-refractivity contribution is 6.30. The summed E-state index contributed by atoms with van der Waals surface area (Å²) in [5.41, 5.74) is 10.9. The predicted molar refractivity (Wildman–Crippen MR) is 101 cm³/mol. The third kappa shape index (κ3) is 2.90. The van der Waals surface area contributed by atoms with Crippen LogP contribution in [0.1, 0.15) is 5.69 Å². The largest absolute Gasteiger partial charge is 0.436 e. The number of benzene rings is 1. The van der Waals surface area contributed by atoms with E-state index in [1.54, 1.807) is 12.4 Å². The second kappa shape index (κ2) is 6.11. The molecule has 3 heterocycles. The average Bonchev–Trinajstić information content (AvgIpc) is 2.91. The smallest absolute Gasteiger partial charge is 0.215 e. The SMILES string of the molecule is Cc1cc(-c2nccc3c(Nc4cccc(Cl)c4)c(N)oc23)ccn1. The van der Waals surface area contributed by atoms with Gasteiger partial charge in [-0.1, -0.05) is 17.7 Å². The van der Waals surface area contributed by atoms with Crippen LogP contribution in [0.15, 0.2) is 59.3 Å². The fraction of sp³-hybridized carbons (Fsp3) is 0.0526. The monoisotopic (exact) mass is 350 g/mol. The molecule has 0 radical (unpaired) electrons. The van der Waals surface area contributed by atoms with Gasteiger partial charge in [-0.15, -0.1) is 0 Å². The number of furan rings is 1. The summed E-state index contributed by atoms with van der Waals surface area (Å²) in [6, 6.07) is 13.2. The molecule has 6 heteroatoms. The lowest BCUT2D eigenvalue weighted by Crippen LogP contribution is -1.93. The van der Waals surface area contributed by atoms with Crippen LogP contribution in [0, 0.1) is 6.92 Å². The Morgan fingerprint density at radius 1 is 1.08 bits per heavy atom. The molecular weight excluding hydrogens is 336 g/mol. The second-order valence-electron chi connectivity index (χ2n) is 5.70. The van der Waals surface area contributed by atoms with Crippen LogP contribution < -0.4 is 11.1 Å². The number of nitrogens with zero attached hydrogens (tertiary/aromatic N) is 2. The summed E-state index contributed by atoms with van der Waals surface area (Å²) in [6.45, 7) is 1.94. The molecular formula is C19H15ClN4O. The van der Waals surface area contributed by atoms with Gasteiger partial charge < -0.3 is 15.5 Å². The summed E-state index contributed by atoms with van der Waals surface area (Å²) >= 11 is 6.05. The molecule has 0 spiro atoms. The summed E-state index contributed by atoms with van der Waals surface area (Å²) in [6.07, 6.45) is 3.49. The van der Waals surface area contributed by atoms with E-state index in [0.29, 0.717) is 22.2 Å². The number of aromatic nitrogens is 2. The van der Waals surface area contributed by atoms with Crippen molar-refractivity contribution in [3.8, 4) is 11.3 Å². The molecule has 5 nitrogen and oxygen atoms in total. The van der Waals surface area contributed by atoms with E-state index in [9.17, 15) is 0 Å². The molecule has 0 fully saturated rings. The van der Waals surface area contributed by atoms with E-state index in [1.807, 2.05) is 49.4 Å². The zero-order chi connectivity index (χ0) is 17.4. The molecule has 0 saturated carbocycles. The van der Waals surface area contributed by atoms with Crippen molar-refractivity contribution in [1.29, 1.82) is 0 Å². The number of anilines is 3. The minimum atomic E-state index is 0.301. The molecule has 0 atom stereocenters. The fourth-order valence-corrected chi connectivity index (χ4v) is 2.97. The molecule has 3 N–H and O–H groups in total. The zero-order valence-corrected chi connectivity index (χ0v) is 14.2. The van der Waals surface area contributed by atoms with Crippen molar-refractivity contribution in [3.63, 3.8) is 0 Å². The third-order valence-electron chi connectivity index (χ3n) is 3.90. The Balaban J connectivity index is 1.85. The van der Waals surface area contributed by atoms with E-state index in [1.165, 1.54) is 0 Å². The third-order valence-corrected chi connectivity index (χ3v) is 4.13. The van der Waals surface area contributed by atoms with Crippen LogP contribution in [0.2, 0.25) is 5.02 Å². The lowest BCUT2D eigenvalue weighted by atomic mass is 10.1. The molecule has 0 bridgehead atoms. The highest BCUT2D eigenvalue weighted by Crippen LogP contribution is 2.39. The number of pyridine rings is 2. The number of nitrogens with one attached hydrogen (secondary N) is 1. The van der Waals surface area contributed by atoms with Gasteiger partial charge in [-0.2, -0.15) is 0 Å². The van der Waals surface area contributed by atoms with Crippen molar-refractivity contribution < 1.29 is 4.42 Å². The summed E-state index contributed by atoms with van der Waals surface area (Å²) in [5.74, 6) is 0.301. The van der Waals surface area contributed by atoms with Gasteiger partial charge in [-0.25, -0.2) is 0 Å². The van der Waals surface area contributed by atoms with E-state index in [2.05, 4.69) is 15.3 Å². The van der Waals surface area contributed by atoms with Crippen molar-refractivity contribution in [3.05, 3.63) is 65.6 Å². The molecule has 1 aromatic carbocycles. The Morgan fingerprint density at radius 2 is 1.92 bits per heavy atom. The summed E-state index contributed by atoms with van der Waals surface area (Å²) in [4.78, 5) is 8.69. The number of halogens is 1. The average molecular weight is 351 g/mol. The highest BCUT2D eigenvalue weighted by atomic mass is 35.5. The highest BCUT2D eigenvalue weighted by Gasteiger charge is 2.17. The van der Waals surface area contributed by atoms with E-state index in [4.69, 9.17) is 21.8 Å². The lowest BCUT2D eigenvalue weighted by Gasteiger charge is -2.06. The molecule has 0 aliphatic rings. The van der Waals surface area contributed by atoms with Gasteiger partial charge in [0.05, 0.1) is 5.39 Å². The molecule has 124 valence electrons. The topological polar surface area (TPSA) is 77.0 Å². The molecule has 25 heavy (non-hydrogen) atoms. The van der Waals surface area contributed by atoms with E-state index in [-0.39, 0.29) is 0 Å². The number of aryl methyl sites for hydroxylation is 1. The number of hydrogen-bond donors (Lipinski definition) is 2. The molecule has 4 aromatic rings. The minimum Gasteiger partial charge on any atom is -0.436 e. The van der Waals surface area contributed by atoms with Gasteiger partial charge >= 0.3 is 0 Å². The van der Waals surface area contributed by atoms with Crippen LogP contribution >= 0.6 is 11.6 Å². The number of rotatable bonds is 3. The predicted octanol–water partition coefficient (Wildman–Crippen LogP) is 5.18. The first-order valence-corrected chi connectivity index (χ1v) is 8.12. The number of hydrogen-bond acceptors (Lipinski definition) is 5. The van der Waals surface area contributed by atoms with Gasteiger partial charge in [0.15, 0.2) is 5.58 Å². The zero-order valence-electron chi connectivity index (χ0n) is 13.5. The van der Waals surface area contributed by atoms with E-state index < -0.39 is 0 Å². The van der Waals surface area contributed by atoms with Gasteiger partial charge in [0.25, 0.3) is 0 Å². The van der Waals surface area contributed by atoms with Crippen molar-refractivity contribution in [1.82, 2.24) is 9.97 Å². The van der Waals surface area contributed by atoms with Gasteiger partial charge in [0.2, 0.25) is 5.88 Å². The molecule has 0 amide bonds. The van der Waals surface area contributed by atoms with Crippen LogP contribution in [-0.4, -0.2) is 9.97 Å². The maximum Gasteiger partial charge on any atom is 0.215 e. The van der Waals surface area contributed by atoms with Crippen LogP contribution in [0.4, 0.5) is 17.3 Å². The van der Waals surface area contributed by atoms with Gasteiger partial charge in [0, 0.05) is 34.4 Å². The Kier molecular flexibility index (Phi) is 3.78. The number of nitrogen functional groups attached to an aromatic ring is 1. The summed E-state index contributed by atoms with van der Waals surface area (Å²) in [7, 11) is 0. The Bertz CT molecular complexity index is 1070. The Morgan fingerprint density at radius 3 is 2.72 bits per heavy atom. The van der Waals surface area contributed by atoms with Crippen LogP contribution in [0.25, 0.3) is 22.2 Å². The van der Waals surface area contributed by atoms with E-state index in [0.717, 1.165) is 28.0 Å². The first-order chi connectivity index (χ1) is 12.1. The summed E-state index contributed by atoms with van der Waals surface area (Å²) in [5, 5.41) is 4.79. The maximum atomic E-state index is 6.11.